The number of hydrogen-bond donors (Lipinski definition) is 0. The molecule has 0 N–H and O–H groups in total. The van der Waals surface area contributed by atoms with Gasteiger partial charge in [-0.15, -0.1) is 0 Å². The van der Waals surface area contributed by atoms with Crippen molar-refractivity contribution in [1.82, 2.24) is 0 Å². The normalized spacial score (nSPS) is 21.0. The van der Waals surface area contributed by atoms with E-state index in [4.69, 9.17) is 0 Å². The van der Waals surface area contributed by atoms with Gasteiger partial charge >= 0.3 is 260 Å². The first-order valence-corrected chi connectivity index (χ1v) is 29.4. The van der Waals surface area contributed by atoms with E-state index in [2.05, 4.69) is 148 Å². The minimum atomic E-state index is -3.09. The van der Waals surface area contributed by atoms with Gasteiger partial charge in [-0.25, -0.2) is 0 Å². The molecule has 0 saturated carbocycles. The molecule has 4 aromatic rings. The quantitative estimate of drug-likeness (QED) is 0.183. The zero-order valence-corrected chi connectivity index (χ0v) is 31.1. The van der Waals surface area contributed by atoms with Gasteiger partial charge in [0, 0.05) is 0 Å². The van der Waals surface area contributed by atoms with Gasteiger partial charge in [0.25, 0.3) is 0 Å². The fourth-order valence-corrected chi connectivity index (χ4v) is 42.4. The summed E-state index contributed by atoms with van der Waals surface area (Å²) in [7, 11) is -2.08. The fraction of sp³-hybridized carbons (Fsp3) is 0.300. The van der Waals surface area contributed by atoms with Crippen LogP contribution in [-0.4, -0.2) is 8.07 Å². The van der Waals surface area contributed by atoms with Crippen molar-refractivity contribution in [2.24, 2.45) is 0 Å². The third kappa shape index (κ3) is 3.73. The second-order valence-electron chi connectivity index (χ2n) is 14.3. The third-order valence-corrected chi connectivity index (χ3v) is 34.9. The van der Waals surface area contributed by atoms with Crippen molar-refractivity contribution < 1.29 is 20.0 Å². The number of allylic oxidation sites excluding steroid dienone is 2. The molecule has 2 atom stereocenters. The summed E-state index contributed by atoms with van der Waals surface area (Å²) in [6, 6.07) is 32.5. The van der Waals surface area contributed by atoms with Gasteiger partial charge in [0.05, 0.1) is 0 Å². The Morgan fingerprint density at radius 3 is 1.29 bits per heavy atom. The molecule has 3 aliphatic rings. The van der Waals surface area contributed by atoms with E-state index in [1.54, 1.807) is 11.1 Å². The van der Waals surface area contributed by atoms with Crippen LogP contribution in [0.25, 0.3) is 34.4 Å². The number of benzene rings is 4. The number of fused-ring (bicyclic) bond motifs is 6. The first-order valence-electron chi connectivity index (χ1n) is 15.9. The maximum absolute atomic E-state index is 3.09. The Hall–Kier alpha value is -2.55. The summed E-state index contributed by atoms with van der Waals surface area (Å²) >= 11 is -3.09. The SMILES string of the molecule is Cc1ccccc1-c1cccc2c1C=C1[CH]2[Hf]([CH3])([CH3])[CH]2C(=Cc3c(-c4ccccc4C)cccc32)[Si]1(C(C)C)C(C)C. The molecule has 4 aromatic carbocycles. The van der Waals surface area contributed by atoms with Gasteiger partial charge in [-0.05, 0) is 0 Å². The van der Waals surface area contributed by atoms with Gasteiger partial charge in [0.1, 0.15) is 0 Å². The van der Waals surface area contributed by atoms with Crippen LogP contribution in [-0.2, 0) is 20.0 Å². The molecule has 7 rings (SSSR count). The summed E-state index contributed by atoms with van der Waals surface area (Å²) in [6.45, 7) is 14.8. The van der Waals surface area contributed by atoms with Gasteiger partial charge in [0.2, 0.25) is 0 Å². The Bertz CT molecular complexity index is 1670. The summed E-state index contributed by atoms with van der Waals surface area (Å²) in [4.78, 5) is 0. The monoisotopic (exact) mass is 732 g/mol. The zero-order chi connectivity index (χ0) is 29.6. The second kappa shape index (κ2) is 9.99. The van der Waals surface area contributed by atoms with Crippen molar-refractivity contribution in [3.05, 3.63) is 129 Å². The molecule has 0 aromatic heterocycles. The van der Waals surface area contributed by atoms with Crippen LogP contribution in [0.3, 0.4) is 0 Å². The molecule has 0 spiro atoms. The summed E-state index contributed by atoms with van der Waals surface area (Å²) in [5.74, 6) is 0. The summed E-state index contributed by atoms with van der Waals surface area (Å²) in [6.07, 6.45) is 5.52. The molecular weight excluding hydrogens is 687 g/mol. The molecular formula is C40H44HfSi. The maximum atomic E-state index is 2.80. The van der Waals surface area contributed by atoms with Gasteiger partial charge in [-0.2, -0.15) is 0 Å². The molecule has 2 aliphatic carbocycles. The van der Waals surface area contributed by atoms with Gasteiger partial charge in [-0.3, -0.25) is 0 Å². The molecule has 42 heavy (non-hydrogen) atoms. The van der Waals surface area contributed by atoms with E-state index in [9.17, 15) is 0 Å². The average Bonchev–Trinajstić information content (AvgIpc) is 3.54. The van der Waals surface area contributed by atoms with Crippen LogP contribution in [0, 0.1) is 13.8 Å². The molecule has 0 radical (unpaired) electrons. The van der Waals surface area contributed by atoms with Gasteiger partial charge in [-0.1, -0.05) is 0 Å². The van der Waals surface area contributed by atoms with Crippen molar-refractivity contribution in [2.75, 3.05) is 0 Å². The molecule has 1 aliphatic heterocycles. The van der Waals surface area contributed by atoms with E-state index in [1.165, 1.54) is 44.5 Å². The summed E-state index contributed by atoms with van der Waals surface area (Å²) < 4.78 is 6.91. The van der Waals surface area contributed by atoms with Crippen molar-refractivity contribution in [2.45, 2.75) is 69.3 Å². The van der Waals surface area contributed by atoms with Crippen LogP contribution in [0.5, 0.6) is 0 Å². The van der Waals surface area contributed by atoms with Crippen molar-refractivity contribution >= 4 is 20.2 Å². The predicted octanol–water partition coefficient (Wildman–Crippen LogP) is 11.8. The first-order chi connectivity index (χ1) is 20.1. The van der Waals surface area contributed by atoms with Crippen LogP contribution in [0.1, 0.15) is 68.4 Å². The van der Waals surface area contributed by atoms with Crippen molar-refractivity contribution in [3.8, 4) is 22.3 Å². The standard InChI is InChI=1S/C38H38Si.2CH3.Hf/c1-25(2)39(26(3)4,31-21-29-15-11-19-35(37(29)23-31)33-17-9-7-13-27(33)5)32-22-30-16-12-20-36(38(30)24-32)34-18-10-8-14-28(34)6;;;/h7-26H,1-6H3;2*1H3;. The number of rotatable bonds is 4. The van der Waals surface area contributed by atoms with Gasteiger partial charge < -0.3 is 0 Å². The van der Waals surface area contributed by atoms with E-state index in [1.807, 2.05) is 10.4 Å². The predicted molar refractivity (Wildman–Crippen MR) is 182 cm³/mol. The second-order valence-corrected chi connectivity index (χ2v) is 36.7. The zero-order valence-electron chi connectivity index (χ0n) is 26.5. The van der Waals surface area contributed by atoms with E-state index < -0.39 is 28.0 Å². The van der Waals surface area contributed by atoms with Crippen LogP contribution >= 0.6 is 0 Å². The van der Waals surface area contributed by atoms with Crippen LogP contribution in [0.15, 0.2) is 95.3 Å². The summed E-state index contributed by atoms with van der Waals surface area (Å²) in [5, 5.41) is 3.76. The van der Waals surface area contributed by atoms with Gasteiger partial charge in [0.15, 0.2) is 0 Å². The Labute approximate surface area is 258 Å². The molecule has 212 valence electrons. The third-order valence-electron chi connectivity index (χ3n) is 11.3. The molecule has 1 heterocycles. The van der Waals surface area contributed by atoms with E-state index in [0.717, 1.165) is 0 Å². The average molecular weight is 731 g/mol. The Morgan fingerprint density at radius 1 is 0.524 bits per heavy atom. The molecule has 2 heteroatoms. The number of aryl methyl sites for hydroxylation is 2. The first kappa shape index (κ1) is 28.2. The van der Waals surface area contributed by atoms with Crippen LogP contribution < -0.4 is 0 Å². The summed E-state index contributed by atoms with van der Waals surface area (Å²) in [5.41, 5.74) is 16.1. The van der Waals surface area contributed by atoms with E-state index in [0.29, 0.717) is 18.4 Å². The van der Waals surface area contributed by atoms with Crippen LogP contribution in [0.4, 0.5) is 0 Å². The van der Waals surface area contributed by atoms with Crippen LogP contribution in [0.2, 0.25) is 20.4 Å². The minimum absolute atomic E-state index is 0.650. The molecule has 1 saturated heterocycles. The fourth-order valence-electron chi connectivity index (χ4n) is 9.68. The molecule has 1 fully saturated rings. The topological polar surface area (TPSA) is 0 Å². The Morgan fingerprint density at radius 2 is 0.905 bits per heavy atom. The molecule has 2 unspecified atom stereocenters. The number of hydrogen-bond acceptors (Lipinski definition) is 0. The van der Waals surface area contributed by atoms with E-state index >= 15 is 0 Å². The van der Waals surface area contributed by atoms with Crippen molar-refractivity contribution in [3.63, 3.8) is 0 Å². The molecule has 0 amide bonds. The Kier molecular flexibility index (Phi) is 6.72. The van der Waals surface area contributed by atoms with Crippen molar-refractivity contribution in [1.29, 1.82) is 0 Å². The molecule has 0 nitrogen and oxygen atoms in total. The molecule has 0 bridgehead atoms. The van der Waals surface area contributed by atoms with E-state index in [-0.39, 0.29) is 0 Å². The Balaban J connectivity index is 1.53.